The number of aromatic nitrogens is 1. The third kappa shape index (κ3) is 2.63. The Morgan fingerprint density at radius 2 is 2.43 bits per heavy atom. The van der Waals surface area contributed by atoms with Crippen molar-refractivity contribution in [3.05, 3.63) is 18.3 Å². The zero-order chi connectivity index (χ0) is 10.4. The van der Waals surface area contributed by atoms with E-state index in [2.05, 4.69) is 16.0 Å². The number of nitrogens with zero attached hydrogens (tertiary/aromatic N) is 3. The Balaban J connectivity index is 2.74. The number of pyridine rings is 1. The van der Waals surface area contributed by atoms with E-state index in [4.69, 9.17) is 11.0 Å². The van der Waals surface area contributed by atoms with Gasteiger partial charge >= 0.3 is 0 Å². The molecule has 2 N–H and O–H groups in total. The van der Waals surface area contributed by atoms with Gasteiger partial charge in [-0.1, -0.05) is 0 Å². The fourth-order valence-electron chi connectivity index (χ4n) is 1.29. The molecular formula is C10H14N4. The maximum Gasteiger partial charge on any atom is 0.125 e. The lowest BCUT2D eigenvalue weighted by Gasteiger charge is -2.21. The van der Waals surface area contributed by atoms with Gasteiger partial charge in [-0.25, -0.2) is 4.98 Å². The van der Waals surface area contributed by atoms with E-state index in [0.717, 1.165) is 18.8 Å². The summed E-state index contributed by atoms with van der Waals surface area (Å²) in [6.45, 7) is 3.65. The van der Waals surface area contributed by atoms with E-state index >= 15 is 0 Å². The van der Waals surface area contributed by atoms with Crippen LogP contribution in [0, 0.1) is 11.3 Å². The van der Waals surface area contributed by atoms with E-state index in [-0.39, 0.29) is 0 Å². The van der Waals surface area contributed by atoms with Crippen LogP contribution in [0.3, 0.4) is 0 Å². The van der Waals surface area contributed by atoms with Crippen molar-refractivity contribution in [2.45, 2.75) is 13.3 Å². The SMILES string of the molecule is CCN(CCC#N)c1ccnc(N)c1. The molecule has 74 valence electrons. The molecular weight excluding hydrogens is 176 g/mol. The van der Waals surface area contributed by atoms with Gasteiger partial charge in [0.15, 0.2) is 0 Å². The Kier molecular flexibility index (Phi) is 3.74. The van der Waals surface area contributed by atoms with E-state index < -0.39 is 0 Å². The summed E-state index contributed by atoms with van der Waals surface area (Å²) in [5, 5.41) is 8.50. The molecule has 14 heavy (non-hydrogen) atoms. The molecule has 1 heterocycles. The van der Waals surface area contributed by atoms with Gasteiger partial charge in [0.1, 0.15) is 5.82 Å². The number of rotatable bonds is 4. The molecule has 0 amide bonds. The number of nitriles is 1. The first-order chi connectivity index (χ1) is 6.77. The second-order valence-corrected chi connectivity index (χ2v) is 2.93. The van der Waals surface area contributed by atoms with Gasteiger partial charge in [-0.15, -0.1) is 0 Å². The monoisotopic (exact) mass is 190 g/mol. The largest absolute Gasteiger partial charge is 0.384 e. The third-order valence-electron chi connectivity index (χ3n) is 2.01. The molecule has 0 atom stereocenters. The van der Waals surface area contributed by atoms with Crippen LogP contribution in [0.15, 0.2) is 18.3 Å². The molecule has 4 heteroatoms. The minimum absolute atomic E-state index is 0.512. The van der Waals surface area contributed by atoms with Gasteiger partial charge in [0, 0.05) is 31.0 Å². The molecule has 0 aliphatic rings. The molecule has 0 saturated carbocycles. The summed E-state index contributed by atoms with van der Waals surface area (Å²) in [6.07, 6.45) is 2.20. The summed E-state index contributed by atoms with van der Waals surface area (Å²) in [6, 6.07) is 5.85. The van der Waals surface area contributed by atoms with Crippen LogP contribution >= 0.6 is 0 Å². The number of nitrogen functional groups attached to an aromatic ring is 1. The first-order valence-electron chi connectivity index (χ1n) is 4.61. The highest BCUT2D eigenvalue weighted by molar-refractivity contribution is 5.51. The standard InChI is InChI=1S/C10H14N4/c1-2-14(7-3-5-11)9-4-6-13-10(12)8-9/h4,6,8H,2-3,7H2,1H3,(H2,12,13). The van der Waals surface area contributed by atoms with Gasteiger partial charge in [-0.05, 0) is 13.0 Å². The number of hydrogen-bond acceptors (Lipinski definition) is 4. The Labute approximate surface area is 84.0 Å². The molecule has 1 aromatic heterocycles. The molecule has 0 aliphatic carbocycles. The minimum Gasteiger partial charge on any atom is -0.384 e. The van der Waals surface area contributed by atoms with E-state index in [1.165, 1.54) is 0 Å². The first kappa shape index (κ1) is 10.3. The maximum absolute atomic E-state index is 8.50. The normalized spacial score (nSPS) is 9.43. The minimum atomic E-state index is 0.512. The van der Waals surface area contributed by atoms with Crippen LogP contribution in [0.1, 0.15) is 13.3 Å². The molecule has 0 saturated heterocycles. The second-order valence-electron chi connectivity index (χ2n) is 2.93. The van der Waals surface area contributed by atoms with Crippen molar-refractivity contribution < 1.29 is 0 Å². The highest BCUT2D eigenvalue weighted by Gasteiger charge is 2.03. The topological polar surface area (TPSA) is 65.9 Å². The Morgan fingerprint density at radius 1 is 1.64 bits per heavy atom. The average Bonchev–Trinajstić information content (AvgIpc) is 2.19. The molecule has 0 spiro atoms. The lowest BCUT2D eigenvalue weighted by Crippen LogP contribution is -2.23. The summed E-state index contributed by atoms with van der Waals surface area (Å²) >= 11 is 0. The highest BCUT2D eigenvalue weighted by atomic mass is 15.1. The van der Waals surface area contributed by atoms with Crippen LogP contribution in [0.25, 0.3) is 0 Å². The molecule has 1 rings (SSSR count). The van der Waals surface area contributed by atoms with E-state index in [1.807, 2.05) is 19.1 Å². The van der Waals surface area contributed by atoms with Gasteiger partial charge in [-0.3, -0.25) is 0 Å². The molecule has 0 aliphatic heterocycles. The van der Waals surface area contributed by atoms with Crippen molar-refractivity contribution >= 4 is 11.5 Å². The number of anilines is 2. The van der Waals surface area contributed by atoms with Crippen LogP contribution in [0.2, 0.25) is 0 Å². The third-order valence-corrected chi connectivity index (χ3v) is 2.01. The quantitative estimate of drug-likeness (QED) is 0.779. The van der Waals surface area contributed by atoms with Crippen molar-refractivity contribution in [2.24, 2.45) is 0 Å². The highest BCUT2D eigenvalue weighted by Crippen LogP contribution is 2.15. The van der Waals surface area contributed by atoms with Crippen molar-refractivity contribution in [1.82, 2.24) is 4.98 Å². The van der Waals surface area contributed by atoms with Crippen molar-refractivity contribution in [1.29, 1.82) is 5.26 Å². The summed E-state index contributed by atoms with van der Waals surface area (Å²) in [5.41, 5.74) is 6.60. The summed E-state index contributed by atoms with van der Waals surface area (Å²) in [7, 11) is 0. The molecule has 4 nitrogen and oxygen atoms in total. The van der Waals surface area contributed by atoms with Gasteiger partial charge in [0.05, 0.1) is 12.5 Å². The predicted octanol–water partition coefficient (Wildman–Crippen LogP) is 1.40. The van der Waals surface area contributed by atoms with Gasteiger partial charge in [0.25, 0.3) is 0 Å². The first-order valence-corrected chi connectivity index (χ1v) is 4.61. The second kappa shape index (κ2) is 5.07. The summed E-state index contributed by atoms with van der Waals surface area (Å²) < 4.78 is 0. The van der Waals surface area contributed by atoms with Gasteiger partial charge in [-0.2, -0.15) is 5.26 Å². The Bertz CT molecular complexity index is 329. The van der Waals surface area contributed by atoms with Crippen LogP contribution in [-0.4, -0.2) is 18.1 Å². The molecule has 0 radical (unpaired) electrons. The smallest absolute Gasteiger partial charge is 0.125 e. The van der Waals surface area contributed by atoms with Crippen LogP contribution < -0.4 is 10.6 Å². The van der Waals surface area contributed by atoms with Crippen molar-refractivity contribution in [3.8, 4) is 6.07 Å². The molecule has 0 aromatic carbocycles. The van der Waals surface area contributed by atoms with Crippen LogP contribution in [-0.2, 0) is 0 Å². The zero-order valence-corrected chi connectivity index (χ0v) is 8.27. The van der Waals surface area contributed by atoms with Crippen molar-refractivity contribution in [3.63, 3.8) is 0 Å². The lowest BCUT2D eigenvalue weighted by atomic mass is 10.3. The van der Waals surface area contributed by atoms with Crippen LogP contribution in [0.4, 0.5) is 11.5 Å². The maximum atomic E-state index is 8.50. The average molecular weight is 190 g/mol. The van der Waals surface area contributed by atoms with Crippen molar-refractivity contribution in [2.75, 3.05) is 23.7 Å². The molecule has 0 bridgehead atoms. The Morgan fingerprint density at radius 3 is 3.00 bits per heavy atom. The molecule has 0 unspecified atom stereocenters. The number of nitrogens with two attached hydrogens (primary N) is 1. The van der Waals surface area contributed by atoms with Crippen LogP contribution in [0.5, 0.6) is 0 Å². The predicted molar refractivity (Wildman–Crippen MR) is 56.8 cm³/mol. The molecule has 1 aromatic rings. The Hall–Kier alpha value is -1.76. The summed E-state index contributed by atoms with van der Waals surface area (Å²) in [5.74, 6) is 0.512. The number of hydrogen-bond donors (Lipinski definition) is 1. The lowest BCUT2D eigenvalue weighted by molar-refractivity contribution is 0.826. The van der Waals surface area contributed by atoms with E-state index in [0.29, 0.717) is 12.2 Å². The molecule has 0 fully saturated rings. The van der Waals surface area contributed by atoms with E-state index in [9.17, 15) is 0 Å². The summed E-state index contributed by atoms with van der Waals surface area (Å²) in [4.78, 5) is 6.02. The fraction of sp³-hybridized carbons (Fsp3) is 0.400. The van der Waals surface area contributed by atoms with Gasteiger partial charge < -0.3 is 10.6 Å². The van der Waals surface area contributed by atoms with Gasteiger partial charge in [0.2, 0.25) is 0 Å². The fourth-order valence-corrected chi connectivity index (χ4v) is 1.29. The van der Waals surface area contributed by atoms with E-state index in [1.54, 1.807) is 6.20 Å². The zero-order valence-electron chi connectivity index (χ0n) is 8.27.